The first-order chi connectivity index (χ1) is 13.6. The lowest BCUT2D eigenvalue weighted by atomic mass is 9.76. The van der Waals surface area contributed by atoms with Gasteiger partial charge in [-0.05, 0) is 39.0 Å². The van der Waals surface area contributed by atoms with Crippen molar-refractivity contribution in [2.75, 3.05) is 0 Å². The van der Waals surface area contributed by atoms with E-state index in [4.69, 9.17) is 9.47 Å². The predicted octanol–water partition coefficient (Wildman–Crippen LogP) is 4.09. The Balaban J connectivity index is 2.12. The number of Topliss-reactive ketones (excluding diaryl/α,β-unsaturated/α-hetero) is 2. The van der Waals surface area contributed by atoms with Crippen LogP contribution in [0.5, 0.6) is 0 Å². The molecule has 0 aromatic carbocycles. The van der Waals surface area contributed by atoms with E-state index in [1.54, 1.807) is 0 Å². The van der Waals surface area contributed by atoms with Crippen molar-refractivity contribution in [1.29, 1.82) is 0 Å². The first-order valence-corrected chi connectivity index (χ1v) is 10.7. The summed E-state index contributed by atoms with van der Waals surface area (Å²) in [5.74, 6) is -0.875. The molecule has 29 heavy (non-hydrogen) atoms. The Bertz CT molecular complexity index is 679. The van der Waals surface area contributed by atoms with E-state index in [1.165, 1.54) is 13.8 Å². The molecule has 0 aromatic heterocycles. The average Bonchev–Trinajstić information content (AvgIpc) is 2.97. The van der Waals surface area contributed by atoms with Gasteiger partial charge in [-0.15, -0.1) is 0 Å². The molecular weight excluding hydrogens is 372 g/mol. The standard InChI is InChI=1S/C23H34O6/c1-15-7-9-19(28-16(2)24)14-18(26)8-10-21(27)20(15)11-13-23(4)12-5-6-22(23)29-17(3)25/h7,19-20,22H,5-6,8-14H2,1-4H3/b15-7-/t19-,20+,22-,23+/m0/s1. The van der Waals surface area contributed by atoms with E-state index < -0.39 is 12.1 Å². The SMILES string of the molecule is CC(=O)O[C@H]1C/C=C(/C)[C@@H](CC[C@@]2(C)CCC[C@@H]2OC(C)=O)C(=O)CCC(=O)C1. The highest BCUT2D eigenvalue weighted by molar-refractivity contribution is 5.89. The van der Waals surface area contributed by atoms with Crippen molar-refractivity contribution in [2.24, 2.45) is 11.3 Å². The lowest BCUT2D eigenvalue weighted by Gasteiger charge is -2.32. The lowest BCUT2D eigenvalue weighted by molar-refractivity contribution is -0.152. The number of carbonyl (C=O) groups excluding carboxylic acids is 4. The van der Waals surface area contributed by atoms with Crippen LogP contribution in [0.15, 0.2) is 11.6 Å². The number of carbonyl (C=O) groups is 4. The van der Waals surface area contributed by atoms with Gasteiger partial charge in [0.15, 0.2) is 0 Å². The summed E-state index contributed by atoms with van der Waals surface area (Å²) < 4.78 is 10.8. The summed E-state index contributed by atoms with van der Waals surface area (Å²) in [6, 6.07) is 0. The van der Waals surface area contributed by atoms with Crippen LogP contribution in [-0.2, 0) is 28.7 Å². The van der Waals surface area contributed by atoms with Crippen LogP contribution in [-0.4, -0.2) is 35.7 Å². The maximum absolute atomic E-state index is 12.9. The van der Waals surface area contributed by atoms with Gasteiger partial charge in [-0.1, -0.05) is 18.6 Å². The van der Waals surface area contributed by atoms with Crippen molar-refractivity contribution in [1.82, 2.24) is 0 Å². The Morgan fingerprint density at radius 1 is 1.14 bits per heavy atom. The third-order valence-electron chi connectivity index (χ3n) is 6.38. The molecule has 6 heteroatoms. The van der Waals surface area contributed by atoms with Crippen LogP contribution in [0.1, 0.15) is 85.5 Å². The molecule has 0 radical (unpaired) electrons. The van der Waals surface area contributed by atoms with E-state index in [0.717, 1.165) is 31.3 Å². The summed E-state index contributed by atoms with van der Waals surface area (Å²) in [4.78, 5) is 47.8. The number of esters is 2. The van der Waals surface area contributed by atoms with Crippen molar-refractivity contribution in [3.8, 4) is 0 Å². The number of hydrogen-bond acceptors (Lipinski definition) is 6. The third kappa shape index (κ3) is 6.79. The average molecular weight is 407 g/mol. The molecule has 2 aliphatic rings. The molecule has 2 aliphatic carbocycles. The molecule has 0 N–H and O–H groups in total. The van der Waals surface area contributed by atoms with Gasteiger partial charge in [-0.2, -0.15) is 0 Å². The molecule has 0 unspecified atom stereocenters. The van der Waals surface area contributed by atoms with Crippen molar-refractivity contribution < 1.29 is 28.7 Å². The zero-order chi connectivity index (χ0) is 21.6. The molecule has 162 valence electrons. The van der Waals surface area contributed by atoms with Gasteiger partial charge < -0.3 is 9.47 Å². The Labute approximate surface area is 173 Å². The molecule has 4 atom stereocenters. The molecule has 0 aromatic rings. The van der Waals surface area contributed by atoms with Crippen LogP contribution >= 0.6 is 0 Å². The van der Waals surface area contributed by atoms with E-state index in [9.17, 15) is 19.2 Å². The van der Waals surface area contributed by atoms with E-state index >= 15 is 0 Å². The maximum Gasteiger partial charge on any atom is 0.302 e. The van der Waals surface area contributed by atoms with E-state index in [-0.39, 0.29) is 54.2 Å². The van der Waals surface area contributed by atoms with Gasteiger partial charge in [0.1, 0.15) is 23.8 Å². The summed E-state index contributed by atoms with van der Waals surface area (Å²) >= 11 is 0. The minimum absolute atomic E-state index is 0.0472. The van der Waals surface area contributed by atoms with Crippen molar-refractivity contribution >= 4 is 23.5 Å². The molecule has 6 nitrogen and oxygen atoms in total. The summed E-state index contributed by atoms with van der Waals surface area (Å²) in [6.07, 6.45) is 6.67. The van der Waals surface area contributed by atoms with Gasteiger partial charge in [0, 0.05) is 50.9 Å². The maximum atomic E-state index is 12.9. The summed E-state index contributed by atoms with van der Waals surface area (Å²) in [5, 5.41) is 0. The minimum atomic E-state index is -0.468. The highest BCUT2D eigenvalue weighted by Gasteiger charge is 2.41. The molecule has 0 aliphatic heterocycles. The van der Waals surface area contributed by atoms with Crippen LogP contribution in [0.2, 0.25) is 0 Å². The Morgan fingerprint density at radius 2 is 1.83 bits per heavy atom. The molecule has 0 amide bonds. The Kier molecular flexibility index (Phi) is 8.17. The van der Waals surface area contributed by atoms with E-state index in [1.807, 2.05) is 13.0 Å². The van der Waals surface area contributed by atoms with Crippen LogP contribution in [0.3, 0.4) is 0 Å². The van der Waals surface area contributed by atoms with Crippen molar-refractivity contribution in [3.63, 3.8) is 0 Å². The highest BCUT2D eigenvalue weighted by Crippen LogP contribution is 2.45. The Morgan fingerprint density at radius 3 is 2.48 bits per heavy atom. The lowest BCUT2D eigenvalue weighted by Crippen LogP contribution is -2.32. The van der Waals surface area contributed by atoms with Crippen LogP contribution in [0.25, 0.3) is 0 Å². The zero-order valence-electron chi connectivity index (χ0n) is 18.1. The predicted molar refractivity (Wildman–Crippen MR) is 108 cm³/mol. The number of rotatable bonds is 5. The Hall–Kier alpha value is -1.98. The van der Waals surface area contributed by atoms with Gasteiger partial charge in [0.05, 0.1) is 0 Å². The van der Waals surface area contributed by atoms with E-state index in [0.29, 0.717) is 12.8 Å². The molecule has 0 heterocycles. The summed E-state index contributed by atoms with van der Waals surface area (Å²) in [5.41, 5.74) is 0.838. The van der Waals surface area contributed by atoms with Gasteiger partial charge in [0.2, 0.25) is 0 Å². The smallest absolute Gasteiger partial charge is 0.302 e. The molecular formula is C23H34O6. The van der Waals surface area contributed by atoms with Crippen molar-refractivity contribution in [3.05, 3.63) is 11.6 Å². The van der Waals surface area contributed by atoms with Gasteiger partial charge in [-0.3, -0.25) is 19.2 Å². The largest absolute Gasteiger partial charge is 0.462 e. The van der Waals surface area contributed by atoms with Crippen LogP contribution < -0.4 is 0 Å². The molecule has 0 saturated heterocycles. The van der Waals surface area contributed by atoms with Gasteiger partial charge >= 0.3 is 11.9 Å². The monoisotopic (exact) mass is 406 g/mol. The second-order valence-corrected chi connectivity index (χ2v) is 8.86. The minimum Gasteiger partial charge on any atom is -0.462 e. The second kappa shape index (κ2) is 10.2. The molecule has 2 rings (SSSR count). The molecule has 1 saturated carbocycles. The fourth-order valence-electron chi connectivity index (χ4n) is 4.67. The summed E-state index contributed by atoms with van der Waals surface area (Å²) in [6.45, 7) is 6.86. The first kappa shape index (κ1) is 23.3. The van der Waals surface area contributed by atoms with Gasteiger partial charge in [0.25, 0.3) is 0 Å². The quantitative estimate of drug-likeness (QED) is 0.505. The topological polar surface area (TPSA) is 86.7 Å². The van der Waals surface area contributed by atoms with Crippen LogP contribution in [0, 0.1) is 11.3 Å². The number of allylic oxidation sites excluding steroid dienone is 1. The van der Waals surface area contributed by atoms with Crippen LogP contribution in [0.4, 0.5) is 0 Å². The third-order valence-corrected chi connectivity index (χ3v) is 6.38. The molecule has 0 spiro atoms. The highest BCUT2D eigenvalue weighted by atomic mass is 16.5. The fraction of sp³-hybridized carbons (Fsp3) is 0.739. The zero-order valence-corrected chi connectivity index (χ0v) is 18.1. The number of ketones is 2. The van der Waals surface area contributed by atoms with Gasteiger partial charge in [-0.25, -0.2) is 0 Å². The second-order valence-electron chi connectivity index (χ2n) is 8.86. The molecule has 0 bridgehead atoms. The fourth-order valence-corrected chi connectivity index (χ4v) is 4.67. The van der Waals surface area contributed by atoms with E-state index in [2.05, 4.69) is 6.92 Å². The number of hydrogen-bond donors (Lipinski definition) is 0. The number of ether oxygens (including phenoxy) is 2. The normalized spacial score (nSPS) is 33.0. The summed E-state index contributed by atoms with van der Waals surface area (Å²) in [7, 11) is 0. The first-order valence-electron chi connectivity index (χ1n) is 10.7. The molecule has 1 fully saturated rings. The van der Waals surface area contributed by atoms with Crippen molar-refractivity contribution in [2.45, 2.75) is 97.7 Å².